The Bertz CT molecular complexity index is 481. The van der Waals surface area contributed by atoms with Crippen molar-refractivity contribution in [2.75, 3.05) is 13.2 Å². The molecule has 0 unspecified atom stereocenters. The van der Waals surface area contributed by atoms with Gasteiger partial charge in [-0.1, -0.05) is 6.07 Å². The van der Waals surface area contributed by atoms with Gasteiger partial charge in [-0.15, -0.1) is 0 Å². The molecular weight excluding hydrogens is 242 g/mol. The number of ether oxygens (including phenoxy) is 1. The second-order valence-corrected chi connectivity index (χ2v) is 4.93. The van der Waals surface area contributed by atoms with Crippen LogP contribution in [0.15, 0.2) is 29.5 Å². The van der Waals surface area contributed by atoms with Gasteiger partial charge in [0, 0.05) is 25.3 Å². The maximum absolute atomic E-state index is 12.0. The number of aromatic nitrogens is 1. The Morgan fingerprint density at radius 1 is 1.32 bits per heavy atom. The molecule has 1 amide bonds. The Kier molecular flexibility index (Phi) is 3.55. The van der Waals surface area contributed by atoms with Crippen LogP contribution in [0.4, 0.5) is 0 Å². The molecule has 1 aromatic rings. The minimum absolute atomic E-state index is 0.0761. The summed E-state index contributed by atoms with van der Waals surface area (Å²) in [7, 11) is 0. The molecule has 2 aliphatic heterocycles. The van der Waals surface area contributed by atoms with Gasteiger partial charge >= 0.3 is 0 Å². The summed E-state index contributed by atoms with van der Waals surface area (Å²) in [6, 6.07) is 5.70. The van der Waals surface area contributed by atoms with Crippen LogP contribution < -0.4 is 0 Å². The Morgan fingerprint density at radius 2 is 2.16 bits per heavy atom. The van der Waals surface area contributed by atoms with Crippen molar-refractivity contribution in [3.63, 3.8) is 0 Å². The quantitative estimate of drug-likeness (QED) is 0.828. The second kappa shape index (κ2) is 5.48. The molecule has 0 spiro atoms. The maximum Gasteiger partial charge on any atom is 0.248 e. The Hall–Kier alpha value is -1.75. The average Bonchev–Trinajstić information content (AvgIpc) is 2.82. The Balaban J connectivity index is 1.68. The predicted octanol–water partition coefficient (Wildman–Crippen LogP) is 1.60. The van der Waals surface area contributed by atoms with E-state index < -0.39 is 0 Å². The smallest absolute Gasteiger partial charge is 0.248 e. The number of hydrazone groups is 1. The third kappa shape index (κ3) is 2.81. The van der Waals surface area contributed by atoms with Gasteiger partial charge in [-0.3, -0.25) is 9.78 Å². The van der Waals surface area contributed by atoms with Crippen molar-refractivity contribution in [3.05, 3.63) is 30.1 Å². The molecule has 3 heterocycles. The lowest BCUT2D eigenvalue weighted by atomic mass is 9.93. The molecule has 3 rings (SSSR count). The van der Waals surface area contributed by atoms with Crippen molar-refractivity contribution in [2.24, 2.45) is 11.0 Å². The van der Waals surface area contributed by atoms with Gasteiger partial charge in [0.25, 0.3) is 0 Å². The van der Waals surface area contributed by atoms with Crippen molar-refractivity contribution in [1.82, 2.24) is 9.99 Å². The number of nitrogens with zero attached hydrogens (tertiary/aromatic N) is 3. The van der Waals surface area contributed by atoms with Crippen molar-refractivity contribution in [3.8, 4) is 0 Å². The molecule has 100 valence electrons. The van der Waals surface area contributed by atoms with Crippen LogP contribution in [-0.4, -0.2) is 34.8 Å². The first kappa shape index (κ1) is 12.3. The summed E-state index contributed by atoms with van der Waals surface area (Å²) >= 11 is 0. The molecule has 2 aliphatic rings. The van der Waals surface area contributed by atoms with E-state index in [0.717, 1.165) is 37.5 Å². The molecule has 0 bridgehead atoms. The third-order valence-electron chi connectivity index (χ3n) is 3.60. The molecule has 1 fully saturated rings. The zero-order chi connectivity index (χ0) is 13.1. The Labute approximate surface area is 112 Å². The van der Waals surface area contributed by atoms with Crippen LogP contribution in [-0.2, 0) is 16.1 Å². The molecule has 0 aromatic carbocycles. The van der Waals surface area contributed by atoms with E-state index in [1.807, 2.05) is 18.2 Å². The highest BCUT2D eigenvalue weighted by Gasteiger charge is 2.30. The van der Waals surface area contributed by atoms with Gasteiger partial charge in [0.2, 0.25) is 5.91 Å². The minimum Gasteiger partial charge on any atom is -0.381 e. The summed E-state index contributed by atoms with van der Waals surface area (Å²) in [5, 5.41) is 6.04. The monoisotopic (exact) mass is 259 g/mol. The van der Waals surface area contributed by atoms with Crippen LogP contribution in [0.1, 0.15) is 25.0 Å². The molecule has 0 atom stereocenters. The van der Waals surface area contributed by atoms with E-state index in [1.54, 1.807) is 11.2 Å². The van der Waals surface area contributed by atoms with E-state index in [-0.39, 0.29) is 5.91 Å². The zero-order valence-electron chi connectivity index (χ0n) is 10.8. The minimum atomic E-state index is 0.0761. The van der Waals surface area contributed by atoms with Crippen molar-refractivity contribution in [1.29, 1.82) is 0 Å². The number of hydrogen-bond acceptors (Lipinski definition) is 4. The molecule has 19 heavy (non-hydrogen) atoms. The lowest BCUT2D eigenvalue weighted by molar-refractivity contribution is -0.129. The molecule has 5 nitrogen and oxygen atoms in total. The van der Waals surface area contributed by atoms with Crippen LogP contribution in [0.5, 0.6) is 0 Å². The van der Waals surface area contributed by atoms with E-state index in [9.17, 15) is 4.79 Å². The highest BCUT2D eigenvalue weighted by Crippen LogP contribution is 2.23. The third-order valence-corrected chi connectivity index (χ3v) is 3.60. The number of rotatable bonds is 3. The number of carbonyl (C=O) groups excluding carboxylic acids is 1. The molecule has 1 aromatic heterocycles. The molecule has 0 radical (unpaired) electrons. The number of hydrogen-bond donors (Lipinski definition) is 0. The molecule has 5 heteroatoms. The topological polar surface area (TPSA) is 54.8 Å². The van der Waals surface area contributed by atoms with Gasteiger partial charge in [-0.2, -0.15) is 5.10 Å². The summed E-state index contributed by atoms with van der Waals surface area (Å²) in [6.07, 6.45) is 4.14. The number of carbonyl (C=O) groups is 1. The average molecular weight is 259 g/mol. The molecular formula is C14H17N3O2. The van der Waals surface area contributed by atoms with Crippen molar-refractivity contribution < 1.29 is 9.53 Å². The van der Waals surface area contributed by atoms with Crippen LogP contribution >= 0.6 is 0 Å². The SMILES string of the molecule is O=C1CC(C2CCOCC2)=NN1Cc1ccccn1. The predicted molar refractivity (Wildman–Crippen MR) is 70.4 cm³/mol. The lowest BCUT2D eigenvalue weighted by Gasteiger charge is -2.21. The lowest BCUT2D eigenvalue weighted by Crippen LogP contribution is -2.23. The molecule has 0 N–H and O–H groups in total. The summed E-state index contributed by atoms with van der Waals surface area (Å²) in [5.41, 5.74) is 1.89. The zero-order valence-corrected chi connectivity index (χ0v) is 10.8. The summed E-state index contributed by atoms with van der Waals surface area (Å²) in [6.45, 7) is 2.02. The standard InChI is InChI=1S/C14H17N3O2/c18-14-9-13(11-4-7-19-8-5-11)16-17(14)10-12-3-1-2-6-15-12/h1-3,6,11H,4-5,7-10H2. The molecule has 0 aliphatic carbocycles. The highest BCUT2D eigenvalue weighted by atomic mass is 16.5. The van der Waals surface area contributed by atoms with E-state index in [0.29, 0.717) is 18.9 Å². The van der Waals surface area contributed by atoms with Gasteiger partial charge in [-0.05, 0) is 25.0 Å². The number of pyridine rings is 1. The molecule has 0 saturated carbocycles. The fraction of sp³-hybridized carbons (Fsp3) is 0.500. The van der Waals surface area contributed by atoms with Crippen molar-refractivity contribution >= 4 is 11.6 Å². The van der Waals surface area contributed by atoms with Gasteiger partial charge in [0.15, 0.2) is 0 Å². The van der Waals surface area contributed by atoms with Crippen LogP contribution in [0.3, 0.4) is 0 Å². The number of amides is 1. The van der Waals surface area contributed by atoms with Gasteiger partial charge < -0.3 is 4.74 Å². The second-order valence-electron chi connectivity index (χ2n) is 4.93. The first-order valence-corrected chi connectivity index (χ1v) is 6.68. The summed E-state index contributed by atoms with van der Waals surface area (Å²) < 4.78 is 5.35. The summed E-state index contributed by atoms with van der Waals surface area (Å²) in [5.74, 6) is 0.485. The van der Waals surface area contributed by atoms with Crippen LogP contribution in [0.2, 0.25) is 0 Å². The van der Waals surface area contributed by atoms with Crippen molar-refractivity contribution in [2.45, 2.75) is 25.8 Å². The van der Waals surface area contributed by atoms with E-state index in [2.05, 4.69) is 10.1 Å². The normalized spacial score (nSPS) is 20.7. The van der Waals surface area contributed by atoms with E-state index >= 15 is 0 Å². The highest BCUT2D eigenvalue weighted by molar-refractivity contribution is 6.05. The largest absolute Gasteiger partial charge is 0.381 e. The first-order valence-electron chi connectivity index (χ1n) is 6.68. The van der Waals surface area contributed by atoms with Gasteiger partial charge in [-0.25, -0.2) is 5.01 Å². The van der Waals surface area contributed by atoms with Crippen LogP contribution in [0.25, 0.3) is 0 Å². The maximum atomic E-state index is 12.0. The van der Waals surface area contributed by atoms with E-state index in [1.165, 1.54) is 0 Å². The van der Waals surface area contributed by atoms with Gasteiger partial charge in [0.1, 0.15) is 0 Å². The fourth-order valence-electron chi connectivity index (χ4n) is 2.52. The van der Waals surface area contributed by atoms with E-state index in [4.69, 9.17) is 4.74 Å². The molecule has 1 saturated heterocycles. The van der Waals surface area contributed by atoms with Crippen LogP contribution in [0, 0.1) is 5.92 Å². The summed E-state index contributed by atoms with van der Waals surface area (Å²) in [4.78, 5) is 16.2. The Morgan fingerprint density at radius 3 is 2.89 bits per heavy atom. The fourth-order valence-corrected chi connectivity index (χ4v) is 2.52. The van der Waals surface area contributed by atoms with Gasteiger partial charge in [0.05, 0.1) is 24.4 Å². The first-order chi connectivity index (χ1) is 9.33.